The van der Waals surface area contributed by atoms with Gasteiger partial charge in [-0.15, -0.1) is 0 Å². The quantitative estimate of drug-likeness (QED) is 0.584. The fraction of sp³-hybridized carbons (Fsp3) is 0.227. The molecule has 2 aromatic carbocycles. The minimum Gasteiger partial charge on any atom is -0.349 e. The highest BCUT2D eigenvalue weighted by atomic mass is 16.1. The maximum absolute atomic E-state index is 12.6. The second-order valence-corrected chi connectivity index (χ2v) is 6.93. The molecule has 1 N–H and O–H groups in total. The average Bonchev–Trinajstić information content (AvgIpc) is 3.18. The van der Waals surface area contributed by atoms with E-state index in [1.54, 1.807) is 0 Å². The molecule has 2 heterocycles. The first-order valence-electron chi connectivity index (χ1n) is 9.32. The number of nitrogens with one attached hydrogen (secondary N) is 1. The van der Waals surface area contributed by atoms with Gasteiger partial charge in [-0.1, -0.05) is 30.3 Å². The fourth-order valence-electron chi connectivity index (χ4n) is 3.51. The van der Waals surface area contributed by atoms with Gasteiger partial charge in [-0.05, 0) is 38.1 Å². The number of carbonyl (C=O) groups excluding carboxylic acids is 1. The lowest BCUT2D eigenvalue weighted by Gasteiger charge is -2.07. The number of hydrogen-bond acceptors (Lipinski definition) is 3. The third kappa shape index (κ3) is 3.29. The zero-order chi connectivity index (χ0) is 19.7. The number of benzene rings is 2. The molecule has 142 valence electrons. The molecule has 0 radical (unpaired) electrons. The van der Waals surface area contributed by atoms with Crippen molar-refractivity contribution in [2.24, 2.45) is 7.05 Å². The molecule has 1 amide bonds. The molecule has 6 nitrogen and oxygen atoms in total. The summed E-state index contributed by atoms with van der Waals surface area (Å²) in [4.78, 5) is 17.2. The lowest BCUT2D eigenvalue weighted by Crippen LogP contribution is -2.26. The molecule has 4 rings (SSSR count). The van der Waals surface area contributed by atoms with E-state index >= 15 is 0 Å². The number of para-hydroxylation sites is 3. The monoisotopic (exact) mass is 373 g/mol. The summed E-state index contributed by atoms with van der Waals surface area (Å²) in [5, 5.41) is 7.61. The molecule has 0 aliphatic carbocycles. The van der Waals surface area contributed by atoms with Gasteiger partial charge < -0.3 is 9.88 Å². The molecule has 4 aromatic rings. The molecule has 6 heteroatoms. The van der Waals surface area contributed by atoms with Gasteiger partial charge in [0.1, 0.15) is 5.82 Å². The number of fused-ring (bicyclic) bond motifs is 1. The van der Waals surface area contributed by atoms with Crippen LogP contribution in [-0.4, -0.2) is 25.2 Å². The Labute approximate surface area is 163 Å². The van der Waals surface area contributed by atoms with Crippen LogP contribution in [0.4, 0.5) is 0 Å². The van der Waals surface area contributed by atoms with Gasteiger partial charge in [0.25, 0.3) is 0 Å². The summed E-state index contributed by atoms with van der Waals surface area (Å²) in [6, 6.07) is 17.9. The second-order valence-electron chi connectivity index (χ2n) is 6.93. The Hall–Kier alpha value is -3.41. The summed E-state index contributed by atoms with van der Waals surface area (Å²) in [5.41, 5.74) is 5.81. The number of hydrogen-bond donors (Lipinski definition) is 1. The van der Waals surface area contributed by atoms with Crippen molar-refractivity contribution in [3.05, 3.63) is 77.4 Å². The molecule has 0 saturated heterocycles. The minimum absolute atomic E-state index is 0.0362. The first-order chi connectivity index (χ1) is 13.5. The number of aryl methyl sites for hydroxylation is 2. The highest BCUT2D eigenvalue weighted by Crippen LogP contribution is 2.18. The molecular formula is C22H23N5O. The predicted molar refractivity (Wildman–Crippen MR) is 109 cm³/mol. The first kappa shape index (κ1) is 18.0. The number of carbonyl (C=O) groups is 1. The Morgan fingerprint density at radius 1 is 1.04 bits per heavy atom. The van der Waals surface area contributed by atoms with Crippen LogP contribution in [0.5, 0.6) is 0 Å². The van der Waals surface area contributed by atoms with E-state index in [1.165, 1.54) is 0 Å². The van der Waals surface area contributed by atoms with Crippen LogP contribution in [0.25, 0.3) is 16.7 Å². The molecular weight excluding hydrogens is 350 g/mol. The number of amides is 1. The second kappa shape index (κ2) is 7.31. The highest BCUT2D eigenvalue weighted by molar-refractivity contribution is 5.79. The zero-order valence-corrected chi connectivity index (χ0v) is 16.3. The van der Waals surface area contributed by atoms with Gasteiger partial charge in [-0.2, -0.15) is 5.10 Å². The third-order valence-corrected chi connectivity index (χ3v) is 5.10. The van der Waals surface area contributed by atoms with Crippen molar-refractivity contribution < 1.29 is 4.79 Å². The molecule has 0 aliphatic rings. The largest absolute Gasteiger partial charge is 0.349 e. The normalized spacial score (nSPS) is 11.1. The molecule has 0 bridgehead atoms. The SMILES string of the molecule is Cc1nn(-c2ccccc2)c(C)c1CC(=O)NCc1nc2ccccc2n1C. The average molecular weight is 373 g/mol. The van der Waals surface area contributed by atoms with Crippen LogP contribution in [0.2, 0.25) is 0 Å². The zero-order valence-electron chi connectivity index (χ0n) is 16.3. The van der Waals surface area contributed by atoms with Gasteiger partial charge in [0.05, 0.1) is 35.4 Å². The van der Waals surface area contributed by atoms with Gasteiger partial charge >= 0.3 is 0 Å². The van der Waals surface area contributed by atoms with Crippen molar-refractivity contribution in [3.63, 3.8) is 0 Å². The van der Waals surface area contributed by atoms with E-state index in [0.717, 1.165) is 39.5 Å². The summed E-state index contributed by atoms with van der Waals surface area (Å²) in [6.07, 6.45) is 0.300. The summed E-state index contributed by atoms with van der Waals surface area (Å²) in [5.74, 6) is 0.800. The Balaban J connectivity index is 1.48. The molecule has 0 unspecified atom stereocenters. The van der Waals surface area contributed by atoms with Gasteiger partial charge in [0, 0.05) is 18.3 Å². The smallest absolute Gasteiger partial charge is 0.224 e. The Morgan fingerprint density at radius 3 is 2.50 bits per heavy atom. The number of nitrogens with zero attached hydrogens (tertiary/aromatic N) is 4. The molecule has 0 spiro atoms. The Kier molecular flexibility index (Phi) is 4.69. The van der Waals surface area contributed by atoms with E-state index in [4.69, 9.17) is 0 Å². The molecule has 0 fully saturated rings. The maximum Gasteiger partial charge on any atom is 0.224 e. The lowest BCUT2D eigenvalue weighted by molar-refractivity contribution is -0.120. The highest BCUT2D eigenvalue weighted by Gasteiger charge is 2.16. The predicted octanol–water partition coefficient (Wildman–Crippen LogP) is 3.23. The van der Waals surface area contributed by atoms with Crippen molar-refractivity contribution in [2.75, 3.05) is 0 Å². The van der Waals surface area contributed by atoms with Crippen molar-refractivity contribution in [1.29, 1.82) is 0 Å². The third-order valence-electron chi connectivity index (χ3n) is 5.10. The molecule has 2 aromatic heterocycles. The fourth-order valence-corrected chi connectivity index (χ4v) is 3.51. The lowest BCUT2D eigenvalue weighted by atomic mass is 10.1. The topological polar surface area (TPSA) is 64.7 Å². The molecule has 0 aliphatic heterocycles. The van der Waals surface area contributed by atoms with Gasteiger partial charge in [0.15, 0.2) is 0 Å². The molecule has 0 saturated carbocycles. The van der Waals surface area contributed by atoms with Crippen LogP contribution >= 0.6 is 0 Å². The number of rotatable bonds is 5. The summed E-state index contributed by atoms with van der Waals surface area (Å²) < 4.78 is 3.91. The summed E-state index contributed by atoms with van der Waals surface area (Å²) >= 11 is 0. The van der Waals surface area contributed by atoms with Crippen LogP contribution in [0, 0.1) is 13.8 Å². The van der Waals surface area contributed by atoms with Crippen LogP contribution < -0.4 is 5.32 Å². The summed E-state index contributed by atoms with van der Waals surface area (Å²) in [6.45, 7) is 4.34. The van der Waals surface area contributed by atoms with Crippen LogP contribution in [0.15, 0.2) is 54.6 Å². The van der Waals surface area contributed by atoms with Gasteiger partial charge in [0.2, 0.25) is 5.91 Å². The molecule has 28 heavy (non-hydrogen) atoms. The van der Waals surface area contributed by atoms with E-state index in [1.807, 2.05) is 84.7 Å². The van der Waals surface area contributed by atoms with Gasteiger partial charge in [-0.3, -0.25) is 4.79 Å². The minimum atomic E-state index is -0.0362. The number of aromatic nitrogens is 4. The van der Waals surface area contributed by atoms with Crippen LogP contribution in [-0.2, 0) is 24.8 Å². The van der Waals surface area contributed by atoms with Crippen molar-refractivity contribution in [2.45, 2.75) is 26.8 Å². The Bertz CT molecular complexity index is 1140. The Morgan fingerprint density at radius 2 is 1.75 bits per heavy atom. The summed E-state index contributed by atoms with van der Waals surface area (Å²) in [7, 11) is 1.97. The van der Waals surface area contributed by atoms with E-state index < -0.39 is 0 Å². The van der Waals surface area contributed by atoms with E-state index in [2.05, 4.69) is 15.4 Å². The first-order valence-corrected chi connectivity index (χ1v) is 9.32. The van der Waals surface area contributed by atoms with Crippen LogP contribution in [0.1, 0.15) is 22.8 Å². The van der Waals surface area contributed by atoms with Crippen molar-refractivity contribution in [3.8, 4) is 5.69 Å². The van der Waals surface area contributed by atoms with Gasteiger partial charge in [-0.25, -0.2) is 9.67 Å². The van der Waals surface area contributed by atoms with Crippen molar-refractivity contribution in [1.82, 2.24) is 24.6 Å². The van der Waals surface area contributed by atoms with E-state index in [0.29, 0.717) is 13.0 Å². The standard InChI is InChI=1S/C22H23N5O/c1-15-18(16(2)27(25-15)17-9-5-4-6-10-17)13-22(28)23-14-21-24-19-11-7-8-12-20(19)26(21)3/h4-12H,13-14H2,1-3H3,(H,23,28). The van der Waals surface area contributed by atoms with Crippen molar-refractivity contribution >= 4 is 16.9 Å². The van der Waals surface area contributed by atoms with E-state index in [-0.39, 0.29) is 5.91 Å². The number of imidazole rings is 1. The van der Waals surface area contributed by atoms with Crippen LogP contribution in [0.3, 0.4) is 0 Å². The molecule has 0 atom stereocenters. The van der Waals surface area contributed by atoms with E-state index in [9.17, 15) is 4.79 Å². The maximum atomic E-state index is 12.6.